The first-order valence-electron chi connectivity index (χ1n) is 15.0. The van der Waals surface area contributed by atoms with Crippen LogP contribution >= 0.6 is 0 Å². The molecule has 0 radical (unpaired) electrons. The Labute approximate surface area is 233 Å². The number of terminal acetylenes is 1. The van der Waals surface area contributed by atoms with Crippen molar-refractivity contribution in [1.29, 1.82) is 0 Å². The van der Waals surface area contributed by atoms with Gasteiger partial charge in [0.25, 0.3) is 0 Å². The van der Waals surface area contributed by atoms with E-state index in [9.17, 15) is 10.2 Å². The van der Waals surface area contributed by atoms with Crippen LogP contribution in [-0.4, -0.2) is 26.1 Å². The molecule has 6 atom stereocenters. The molecule has 5 nitrogen and oxygen atoms in total. The second-order valence-electron chi connectivity index (χ2n) is 13.0. The number of aromatic hydroxyl groups is 2. The van der Waals surface area contributed by atoms with Gasteiger partial charge in [0.05, 0.1) is 6.20 Å². The Morgan fingerprint density at radius 1 is 1.08 bits per heavy atom. The van der Waals surface area contributed by atoms with E-state index < -0.39 is 5.60 Å². The summed E-state index contributed by atoms with van der Waals surface area (Å²) in [5, 5.41) is 33.7. The molecule has 5 heteroatoms. The first-order chi connectivity index (χ1) is 18.6. The maximum absolute atomic E-state index is 11.1. The highest BCUT2D eigenvalue weighted by atomic mass is 16.5. The normalized spacial score (nSPS) is 34.3. The van der Waals surface area contributed by atoms with Crippen LogP contribution in [0.15, 0.2) is 34.5 Å². The molecule has 210 valence electrons. The molecule has 4 aliphatic carbocycles. The minimum absolute atomic E-state index is 0.114. The molecule has 1 aromatic carbocycles. The Kier molecular flexibility index (Phi) is 7.63. The molecule has 6 unspecified atom stereocenters. The fourth-order valence-corrected chi connectivity index (χ4v) is 8.64. The fourth-order valence-electron chi connectivity index (χ4n) is 8.64. The third-order valence-corrected chi connectivity index (χ3v) is 11.0. The molecule has 0 bridgehead atoms. The number of hydrogen-bond acceptors (Lipinski definition) is 5. The molecule has 1 heterocycles. The number of aryl methyl sites for hydroxylation is 1. The molecule has 4 aliphatic rings. The topological polar surface area (TPSA) is 86.7 Å². The Balaban J connectivity index is 0.000000189. The smallest absolute Gasteiger partial charge is 0.162 e. The van der Waals surface area contributed by atoms with Crippen molar-refractivity contribution in [3.05, 3.63) is 46.9 Å². The number of fused-ring (bicyclic) bond motifs is 6. The SMILES string of the molecule is C#CC1(O)CCC2C3CCC4=Cc5oncc5CC4(C)C3CCC21C.CCCCCCc1ccc(O)cc1O. The lowest BCUT2D eigenvalue weighted by Crippen LogP contribution is -2.54. The maximum atomic E-state index is 11.1. The van der Waals surface area contributed by atoms with E-state index in [2.05, 4.69) is 37.9 Å². The molecular weight excluding hydrogens is 486 g/mol. The van der Waals surface area contributed by atoms with Crippen LogP contribution in [0.4, 0.5) is 0 Å². The monoisotopic (exact) mass is 531 g/mol. The summed E-state index contributed by atoms with van der Waals surface area (Å²) >= 11 is 0. The summed E-state index contributed by atoms with van der Waals surface area (Å²) in [5.74, 6) is 5.97. The van der Waals surface area contributed by atoms with Gasteiger partial charge in [-0.05, 0) is 98.7 Å². The second-order valence-corrected chi connectivity index (χ2v) is 13.0. The van der Waals surface area contributed by atoms with E-state index in [0.29, 0.717) is 17.8 Å². The van der Waals surface area contributed by atoms with Gasteiger partial charge in [0, 0.05) is 17.0 Å². The van der Waals surface area contributed by atoms with E-state index >= 15 is 0 Å². The van der Waals surface area contributed by atoms with Gasteiger partial charge in [-0.3, -0.25) is 0 Å². The lowest BCUT2D eigenvalue weighted by Gasteiger charge is -2.58. The number of phenols is 2. The van der Waals surface area contributed by atoms with Gasteiger partial charge >= 0.3 is 0 Å². The number of aromatic nitrogens is 1. The lowest BCUT2D eigenvalue weighted by molar-refractivity contribution is -0.0975. The number of benzene rings is 1. The van der Waals surface area contributed by atoms with Crippen molar-refractivity contribution in [2.75, 3.05) is 0 Å². The Morgan fingerprint density at radius 2 is 1.87 bits per heavy atom. The van der Waals surface area contributed by atoms with Crippen molar-refractivity contribution in [2.24, 2.45) is 28.6 Å². The van der Waals surface area contributed by atoms with Gasteiger partial charge in [-0.2, -0.15) is 0 Å². The van der Waals surface area contributed by atoms with Crippen LogP contribution < -0.4 is 0 Å². The summed E-state index contributed by atoms with van der Waals surface area (Å²) in [7, 11) is 0. The first kappa shape index (κ1) is 27.8. The van der Waals surface area contributed by atoms with Gasteiger partial charge in [0.1, 0.15) is 17.1 Å². The summed E-state index contributed by atoms with van der Waals surface area (Å²) < 4.78 is 5.43. The van der Waals surface area contributed by atoms with E-state index in [-0.39, 0.29) is 22.3 Å². The minimum atomic E-state index is -0.909. The summed E-state index contributed by atoms with van der Waals surface area (Å²) in [5.41, 5.74) is 2.92. The molecule has 3 saturated carbocycles. The molecular formula is C34H45NO4. The number of rotatable bonds is 5. The van der Waals surface area contributed by atoms with Crippen molar-refractivity contribution in [3.8, 4) is 23.8 Å². The Hall–Kier alpha value is -2.71. The van der Waals surface area contributed by atoms with Crippen LogP contribution in [0.5, 0.6) is 11.5 Å². The van der Waals surface area contributed by atoms with E-state index in [1.54, 1.807) is 17.7 Å². The second kappa shape index (κ2) is 10.7. The summed E-state index contributed by atoms with van der Waals surface area (Å²) in [6.45, 7) is 6.89. The van der Waals surface area contributed by atoms with Gasteiger partial charge in [0.15, 0.2) is 5.76 Å². The van der Waals surface area contributed by atoms with Crippen molar-refractivity contribution in [1.82, 2.24) is 5.16 Å². The lowest BCUT2D eigenvalue weighted by atomic mass is 9.46. The van der Waals surface area contributed by atoms with Gasteiger partial charge in [0.2, 0.25) is 0 Å². The quantitative estimate of drug-likeness (QED) is 0.276. The molecule has 3 fully saturated rings. The molecule has 0 amide bonds. The predicted molar refractivity (Wildman–Crippen MR) is 154 cm³/mol. The zero-order valence-corrected chi connectivity index (χ0v) is 23.9. The van der Waals surface area contributed by atoms with E-state index in [4.69, 9.17) is 16.1 Å². The van der Waals surface area contributed by atoms with Crippen LogP contribution in [0.3, 0.4) is 0 Å². The highest BCUT2D eigenvalue weighted by molar-refractivity contribution is 5.57. The summed E-state index contributed by atoms with van der Waals surface area (Å²) in [6.07, 6.45) is 23.1. The fraction of sp³-hybridized carbons (Fsp3) is 0.618. The van der Waals surface area contributed by atoms with Gasteiger partial charge in [-0.15, -0.1) is 6.42 Å². The van der Waals surface area contributed by atoms with Crippen LogP contribution in [0.2, 0.25) is 0 Å². The molecule has 39 heavy (non-hydrogen) atoms. The average Bonchev–Trinajstić information content (AvgIpc) is 3.47. The van der Waals surface area contributed by atoms with Gasteiger partial charge in [-0.1, -0.05) is 62.8 Å². The first-order valence-corrected chi connectivity index (χ1v) is 15.0. The zero-order valence-electron chi connectivity index (χ0n) is 23.9. The molecule has 1 aromatic heterocycles. The number of phenolic OH excluding ortho intramolecular Hbond substituents is 2. The molecule has 3 N–H and O–H groups in total. The third kappa shape index (κ3) is 4.80. The van der Waals surface area contributed by atoms with Crippen molar-refractivity contribution >= 4 is 6.08 Å². The number of allylic oxidation sites excluding steroid dienone is 1. The van der Waals surface area contributed by atoms with Crippen LogP contribution in [0, 0.1) is 40.9 Å². The van der Waals surface area contributed by atoms with Crippen LogP contribution in [0.25, 0.3) is 6.08 Å². The maximum Gasteiger partial charge on any atom is 0.162 e. The van der Waals surface area contributed by atoms with E-state index in [1.165, 1.54) is 37.3 Å². The standard InChI is InChI=1S/C22H27NO2.C12H18O2/c1-4-22(24)10-8-18-16-6-5-15-11-19-14(13-23-25-19)12-20(15,2)17(16)7-9-21(18,22)3;1-2-3-4-5-6-10-7-8-11(13)9-12(10)14/h1,11,13,16-18,24H,5-10,12H2,2-3H3;7-9,13-14H,2-6H2,1H3. The average molecular weight is 532 g/mol. The number of unbranched alkanes of at least 4 members (excludes halogenated alkanes) is 3. The molecule has 0 spiro atoms. The van der Waals surface area contributed by atoms with Crippen LogP contribution in [0.1, 0.15) is 102 Å². The number of aliphatic hydroxyl groups is 1. The predicted octanol–water partition coefficient (Wildman–Crippen LogP) is 7.44. The number of nitrogens with zero attached hydrogens (tertiary/aromatic N) is 1. The zero-order chi connectivity index (χ0) is 27.8. The molecule has 0 aliphatic heterocycles. The van der Waals surface area contributed by atoms with Crippen LogP contribution in [-0.2, 0) is 12.8 Å². The Bertz CT molecular complexity index is 1260. The van der Waals surface area contributed by atoms with E-state index in [0.717, 1.165) is 62.7 Å². The highest BCUT2D eigenvalue weighted by Gasteiger charge is 2.63. The van der Waals surface area contributed by atoms with Crippen molar-refractivity contribution in [2.45, 2.75) is 103 Å². The molecule has 2 aromatic rings. The number of hydrogen-bond donors (Lipinski definition) is 3. The minimum Gasteiger partial charge on any atom is -0.508 e. The molecule has 0 saturated heterocycles. The third-order valence-electron chi connectivity index (χ3n) is 11.0. The van der Waals surface area contributed by atoms with Gasteiger partial charge < -0.3 is 19.8 Å². The van der Waals surface area contributed by atoms with E-state index in [1.807, 2.05) is 6.20 Å². The van der Waals surface area contributed by atoms with Crippen molar-refractivity contribution in [3.63, 3.8) is 0 Å². The summed E-state index contributed by atoms with van der Waals surface area (Å²) in [4.78, 5) is 0. The largest absolute Gasteiger partial charge is 0.508 e. The Morgan fingerprint density at radius 3 is 2.62 bits per heavy atom. The van der Waals surface area contributed by atoms with Gasteiger partial charge in [-0.25, -0.2) is 0 Å². The molecule has 6 rings (SSSR count). The highest BCUT2D eigenvalue weighted by Crippen LogP contribution is 2.67. The summed E-state index contributed by atoms with van der Waals surface area (Å²) in [6, 6.07) is 4.81. The van der Waals surface area contributed by atoms with Crippen molar-refractivity contribution < 1.29 is 19.8 Å².